The molecule has 1 aromatic heterocycles. The molecule has 0 bridgehead atoms. The zero-order chi connectivity index (χ0) is 16.2. The molecule has 2 aromatic rings. The van der Waals surface area contributed by atoms with Crippen molar-refractivity contribution in [1.82, 2.24) is 14.2 Å². The van der Waals surface area contributed by atoms with E-state index in [0.29, 0.717) is 0 Å². The van der Waals surface area contributed by atoms with Crippen molar-refractivity contribution in [2.24, 2.45) is 0 Å². The molecule has 3 rings (SSSR count). The van der Waals surface area contributed by atoms with Gasteiger partial charge in [0.15, 0.2) is 0 Å². The van der Waals surface area contributed by atoms with Crippen LogP contribution in [-0.2, 0) is 11.3 Å². The van der Waals surface area contributed by atoms with Crippen molar-refractivity contribution in [2.45, 2.75) is 19.5 Å². The van der Waals surface area contributed by atoms with Crippen LogP contribution in [0.15, 0.2) is 36.4 Å². The van der Waals surface area contributed by atoms with Crippen molar-refractivity contribution in [1.29, 1.82) is 0 Å². The first-order valence-corrected chi connectivity index (χ1v) is 8.57. The van der Waals surface area contributed by atoms with Crippen LogP contribution in [-0.4, -0.2) is 51.4 Å². The summed E-state index contributed by atoms with van der Waals surface area (Å²) in [6, 6.07) is 11.1. The third kappa shape index (κ3) is 3.96. The standard InChI is InChI=1S/C17H21N3O2S/c1-13-11-15(23-18-13)12-19-7-9-20(10-8-19)16(17(21)22)14-5-3-2-4-6-14/h2-6,11,16H,7-10,12H2,1H3,(H,21,22). The van der Waals surface area contributed by atoms with Gasteiger partial charge in [0.25, 0.3) is 0 Å². The minimum absolute atomic E-state index is 0.552. The highest BCUT2D eigenvalue weighted by molar-refractivity contribution is 7.05. The monoisotopic (exact) mass is 331 g/mol. The van der Waals surface area contributed by atoms with Crippen LogP contribution >= 0.6 is 11.5 Å². The number of aromatic nitrogens is 1. The fourth-order valence-electron chi connectivity index (χ4n) is 3.04. The molecular weight excluding hydrogens is 310 g/mol. The molecule has 1 aliphatic rings. The number of nitrogens with zero attached hydrogens (tertiary/aromatic N) is 3. The van der Waals surface area contributed by atoms with E-state index in [2.05, 4.69) is 20.2 Å². The average molecular weight is 331 g/mol. The number of carbonyl (C=O) groups is 1. The molecule has 0 radical (unpaired) electrons. The van der Waals surface area contributed by atoms with E-state index in [1.165, 1.54) is 4.88 Å². The molecule has 1 atom stereocenters. The van der Waals surface area contributed by atoms with Gasteiger partial charge >= 0.3 is 5.97 Å². The molecule has 1 unspecified atom stereocenters. The smallest absolute Gasteiger partial charge is 0.325 e. The van der Waals surface area contributed by atoms with E-state index in [-0.39, 0.29) is 0 Å². The Morgan fingerprint density at radius 2 is 1.96 bits per heavy atom. The van der Waals surface area contributed by atoms with Crippen LogP contribution in [0.4, 0.5) is 0 Å². The number of rotatable bonds is 5. The lowest BCUT2D eigenvalue weighted by molar-refractivity contribution is -0.144. The third-order valence-electron chi connectivity index (χ3n) is 4.18. The number of carboxylic acids is 1. The molecule has 1 N–H and O–H groups in total. The van der Waals surface area contributed by atoms with Crippen LogP contribution in [0, 0.1) is 6.92 Å². The van der Waals surface area contributed by atoms with Crippen LogP contribution in [0.25, 0.3) is 0 Å². The summed E-state index contributed by atoms with van der Waals surface area (Å²) < 4.78 is 4.32. The predicted molar refractivity (Wildman–Crippen MR) is 90.5 cm³/mol. The Bertz CT molecular complexity index is 651. The van der Waals surface area contributed by atoms with Gasteiger partial charge in [-0.15, -0.1) is 0 Å². The molecule has 0 saturated carbocycles. The Morgan fingerprint density at radius 1 is 1.26 bits per heavy atom. The van der Waals surface area contributed by atoms with Gasteiger partial charge in [-0.05, 0) is 30.1 Å². The minimum Gasteiger partial charge on any atom is -0.480 e. The van der Waals surface area contributed by atoms with Crippen molar-refractivity contribution in [3.8, 4) is 0 Å². The van der Waals surface area contributed by atoms with Crippen molar-refractivity contribution < 1.29 is 9.90 Å². The second-order valence-corrected chi connectivity index (χ2v) is 6.79. The highest BCUT2D eigenvalue weighted by atomic mass is 32.1. The van der Waals surface area contributed by atoms with Gasteiger partial charge < -0.3 is 5.11 Å². The summed E-state index contributed by atoms with van der Waals surface area (Å²) in [6.45, 7) is 6.21. The molecule has 1 fully saturated rings. The molecule has 5 nitrogen and oxygen atoms in total. The lowest BCUT2D eigenvalue weighted by Gasteiger charge is -2.37. The number of hydrogen-bond acceptors (Lipinski definition) is 5. The largest absolute Gasteiger partial charge is 0.480 e. The molecule has 0 aliphatic carbocycles. The topological polar surface area (TPSA) is 56.7 Å². The molecule has 6 heteroatoms. The normalized spacial score (nSPS) is 18.0. The molecule has 1 aliphatic heterocycles. The third-order valence-corrected chi connectivity index (χ3v) is 5.04. The summed E-state index contributed by atoms with van der Waals surface area (Å²) in [5.41, 5.74) is 1.92. The van der Waals surface area contributed by atoms with Gasteiger partial charge in [0.1, 0.15) is 6.04 Å². The Balaban J connectivity index is 1.61. The highest BCUT2D eigenvalue weighted by Gasteiger charge is 2.30. The van der Waals surface area contributed by atoms with Crippen molar-refractivity contribution >= 4 is 17.5 Å². The first kappa shape index (κ1) is 16.1. The summed E-state index contributed by atoms with van der Waals surface area (Å²) in [5.74, 6) is -0.775. The van der Waals surface area contributed by atoms with Crippen LogP contribution in [0.5, 0.6) is 0 Å². The number of aryl methyl sites for hydroxylation is 1. The van der Waals surface area contributed by atoms with Crippen molar-refractivity contribution in [2.75, 3.05) is 26.2 Å². The van der Waals surface area contributed by atoms with Crippen LogP contribution in [0.1, 0.15) is 22.2 Å². The lowest BCUT2D eigenvalue weighted by Crippen LogP contribution is -2.48. The van der Waals surface area contributed by atoms with Crippen molar-refractivity contribution in [3.05, 3.63) is 52.5 Å². The summed E-state index contributed by atoms with van der Waals surface area (Å²) in [5, 5.41) is 9.62. The maximum absolute atomic E-state index is 11.7. The van der Waals surface area contributed by atoms with Gasteiger partial charge in [-0.25, -0.2) is 0 Å². The molecule has 0 amide bonds. The molecule has 0 spiro atoms. The van der Waals surface area contributed by atoms with E-state index < -0.39 is 12.0 Å². The van der Waals surface area contributed by atoms with Crippen molar-refractivity contribution in [3.63, 3.8) is 0 Å². The lowest BCUT2D eigenvalue weighted by atomic mass is 10.0. The fraction of sp³-hybridized carbons (Fsp3) is 0.412. The summed E-state index contributed by atoms with van der Waals surface area (Å²) in [7, 11) is 0. The molecule has 1 aromatic carbocycles. The first-order valence-electron chi connectivity index (χ1n) is 7.80. The number of carboxylic acid groups (broad SMARTS) is 1. The Kier molecular flexibility index (Phi) is 5.05. The SMILES string of the molecule is Cc1cc(CN2CCN(C(C(=O)O)c3ccccc3)CC2)sn1. The average Bonchev–Trinajstić information content (AvgIpc) is 2.95. The summed E-state index contributed by atoms with van der Waals surface area (Å²) >= 11 is 1.55. The summed E-state index contributed by atoms with van der Waals surface area (Å²) in [6.07, 6.45) is 0. The number of hydrogen-bond donors (Lipinski definition) is 1. The fourth-order valence-corrected chi connectivity index (χ4v) is 3.81. The van der Waals surface area contributed by atoms with E-state index in [1.54, 1.807) is 11.5 Å². The minimum atomic E-state index is -0.775. The van der Waals surface area contributed by atoms with E-state index in [4.69, 9.17) is 0 Å². The van der Waals surface area contributed by atoms with E-state index in [9.17, 15) is 9.90 Å². The maximum Gasteiger partial charge on any atom is 0.325 e. The molecule has 1 saturated heterocycles. The van der Waals surface area contributed by atoms with Crippen LogP contribution in [0.2, 0.25) is 0 Å². The van der Waals surface area contributed by atoms with E-state index in [1.807, 2.05) is 37.3 Å². The van der Waals surface area contributed by atoms with Gasteiger partial charge in [-0.1, -0.05) is 30.3 Å². The van der Waals surface area contributed by atoms with Crippen LogP contribution < -0.4 is 0 Å². The predicted octanol–water partition coefficient (Wildman–Crippen LogP) is 2.40. The van der Waals surface area contributed by atoms with E-state index in [0.717, 1.165) is 44.0 Å². The van der Waals surface area contributed by atoms with E-state index >= 15 is 0 Å². The number of benzene rings is 1. The maximum atomic E-state index is 11.7. The number of aliphatic carboxylic acids is 1. The number of piperazine rings is 1. The Morgan fingerprint density at radius 3 is 2.52 bits per heavy atom. The van der Waals surface area contributed by atoms with Gasteiger partial charge in [-0.3, -0.25) is 14.6 Å². The molecular formula is C17H21N3O2S. The van der Waals surface area contributed by atoms with Crippen LogP contribution in [0.3, 0.4) is 0 Å². The van der Waals surface area contributed by atoms with Gasteiger partial charge in [0.05, 0.1) is 5.69 Å². The molecule has 2 heterocycles. The first-order chi connectivity index (χ1) is 11.1. The van der Waals surface area contributed by atoms with Gasteiger partial charge in [-0.2, -0.15) is 4.37 Å². The summed E-state index contributed by atoms with van der Waals surface area (Å²) in [4.78, 5) is 17.4. The quantitative estimate of drug-likeness (QED) is 0.912. The zero-order valence-electron chi connectivity index (χ0n) is 13.2. The second kappa shape index (κ2) is 7.21. The zero-order valence-corrected chi connectivity index (χ0v) is 14.0. The molecule has 23 heavy (non-hydrogen) atoms. The Labute approximate surface area is 140 Å². The Hall–Kier alpha value is -1.76. The highest BCUT2D eigenvalue weighted by Crippen LogP contribution is 2.23. The van der Waals surface area contributed by atoms with Gasteiger partial charge in [0, 0.05) is 37.6 Å². The molecule has 122 valence electrons. The second-order valence-electron chi connectivity index (χ2n) is 5.90. The van der Waals surface area contributed by atoms with Gasteiger partial charge in [0.2, 0.25) is 0 Å².